The van der Waals surface area contributed by atoms with Gasteiger partial charge in [-0.1, -0.05) is 116 Å². The number of likely N-dealkylation sites (N-methyl/N-ethyl adjacent to an activating group) is 1. The van der Waals surface area contributed by atoms with E-state index >= 15 is 0 Å². The minimum atomic E-state index is -4.28. The van der Waals surface area contributed by atoms with Gasteiger partial charge in [-0.2, -0.15) is 8.42 Å². The van der Waals surface area contributed by atoms with Gasteiger partial charge in [-0.05, 0) is 71.1 Å². The first-order valence-corrected chi connectivity index (χ1v) is 16.2. The van der Waals surface area contributed by atoms with Crippen molar-refractivity contribution < 1.29 is 13.0 Å². The molecule has 0 fully saturated rings. The largest absolute Gasteiger partial charge is 0.367 e. The summed E-state index contributed by atoms with van der Waals surface area (Å²) in [6.45, 7) is 7.81. The molecular weight excluding hydrogens is 552 g/mol. The third-order valence-electron chi connectivity index (χ3n) is 7.85. The lowest BCUT2D eigenvalue weighted by atomic mass is 9.90. The van der Waals surface area contributed by atoms with Crippen molar-refractivity contribution in [3.05, 3.63) is 161 Å². The van der Waals surface area contributed by atoms with E-state index < -0.39 is 10.1 Å². The average molecular weight is 591 g/mol. The molecule has 0 aromatic heterocycles. The Morgan fingerprint density at radius 1 is 0.674 bits per heavy atom. The van der Waals surface area contributed by atoms with Crippen molar-refractivity contribution in [1.82, 2.24) is 4.90 Å². The van der Waals surface area contributed by atoms with E-state index in [0.717, 1.165) is 54.1 Å². The average Bonchev–Trinajstić information content (AvgIpc) is 3.04. The van der Waals surface area contributed by atoms with Gasteiger partial charge in [-0.15, -0.1) is 0 Å². The SMILES string of the molecule is CCN(Cc1ccccc1)c1ccc(C(=C2C=CC(N(CC)Cc3ccccc3)C=C2)c2ccc(S(=O)(=O)O)cc2)cc1. The van der Waals surface area contributed by atoms with E-state index in [-0.39, 0.29) is 10.9 Å². The second kappa shape index (κ2) is 13.8. The lowest BCUT2D eigenvalue weighted by molar-refractivity contribution is 0.264. The van der Waals surface area contributed by atoms with Crippen molar-refractivity contribution in [2.45, 2.75) is 37.9 Å². The molecule has 1 aliphatic carbocycles. The lowest BCUT2D eigenvalue weighted by Crippen LogP contribution is -2.32. The highest BCUT2D eigenvalue weighted by Gasteiger charge is 2.18. The Morgan fingerprint density at radius 2 is 1.19 bits per heavy atom. The van der Waals surface area contributed by atoms with Crippen LogP contribution in [0.3, 0.4) is 0 Å². The number of allylic oxidation sites excluding steroid dienone is 3. The van der Waals surface area contributed by atoms with E-state index in [1.165, 1.54) is 23.3 Å². The van der Waals surface area contributed by atoms with E-state index in [0.29, 0.717) is 0 Å². The smallest absolute Gasteiger partial charge is 0.294 e. The summed E-state index contributed by atoms with van der Waals surface area (Å²) in [5.74, 6) is 0. The molecule has 0 radical (unpaired) electrons. The molecule has 0 spiro atoms. The Kier molecular flexibility index (Phi) is 9.72. The van der Waals surface area contributed by atoms with Gasteiger partial charge in [0.15, 0.2) is 0 Å². The van der Waals surface area contributed by atoms with Crippen LogP contribution in [0.15, 0.2) is 144 Å². The highest BCUT2D eigenvalue weighted by Crippen LogP contribution is 2.32. The van der Waals surface area contributed by atoms with Crippen LogP contribution in [0.25, 0.3) is 5.57 Å². The normalized spacial score (nSPS) is 14.7. The molecule has 6 heteroatoms. The van der Waals surface area contributed by atoms with Gasteiger partial charge in [-0.25, -0.2) is 0 Å². The summed E-state index contributed by atoms with van der Waals surface area (Å²) in [5.41, 5.74) is 7.61. The molecule has 0 bridgehead atoms. The molecule has 4 aromatic carbocycles. The molecule has 0 aliphatic heterocycles. The van der Waals surface area contributed by atoms with Crippen LogP contribution in [0.5, 0.6) is 0 Å². The molecule has 5 rings (SSSR count). The van der Waals surface area contributed by atoms with E-state index in [9.17, 15) is 13.0 Å². The minimum Gasteiger partial charge on any atom is -0.367 e. The fraction of sp³-hybridized carbons (Fsp3) is 0.189. The molecule has 0 saturated carbocycles. The summed E-state index contributed by atoms with van der Waals surface area (Å²) in [6, 6.07) is 36.1. The van der Waals surface area contributed by atoms with Gasteiger partial charge in [-0.3, -0.25) is 9.45 Å². The van der Waals surface area contributed by atoms with Crippen LogP contribution in [0, 0.1) is 0 Å². The quantitative estimate of drug-likeness (QED) is 0.181. The molecule has 0 heterocycles. The third-order valence-corrected chi connectivity index (χ3v) is 8.72. The summed E-state index contributed by atoms with van der Waals surface area (Å²) in [6.07, 6.45) is 8.76. The van der Waals surface area contributed by atoms with Crippen LogP contribution in [-0.4, -0.2) is 37.0 Å². The van der Waals surface area contributed by atoms with Crippen LogP contribution in [-0.2, 0) is 23.2 Å². The lowest BCUT2D eigenvalue weighted by Gasteiger charge is -2.28. The van der Waals surface area contributed by atoms with Gasteiger partial charge < -0.3 is 4.90 Å². The molecule has 1 aliphatic rings. The molecule has 0 atom stereocenters. The monoisotopic (exact) mass is 590 g/mol. The predicted octanol–water partition coefficient (Wildman–Crippen LogP) is 7.78. The van der Waals surface area contributed by atoms with Crippen LogP contribution >= 0.6 is 0 Å². The topological polar surface area (TPSA) is 60.9 Å². The maximum Gasteiger partial charge on any atom is 0.294 e. The number of rotatable bonds is 11. The fourth-order valence-corrected chi connectivity index (χ4v) is 5.98. The number of benzene rings is 4. The van der Waals surface area contributed by atoms with Gasteiger partial charge in [0.25, 0.3) is 10.1 Å². The second-order valence-electron chi connectivity index (χ2n) is 10.6. The maximum absolute atomic E-state index is 11.7. The Morgan fingerprint density at radius 3 is 1.67 bits per heavy atom. The minimum absolute atomic E-state index is 0.121. The van der Waals surface area contributed by atoms with Crippen molar-refractivity contribution in [3.8, 4) is 0 Å². The summed E-state index contributed by atoms with van der Waals surface area (Å²) in [4.78, 5) is 4.63. The maximum atomic E-state index is 11.7. The second-order valence-corrected chi connectivity index (χ2v) is 12.1. The Hall–Kier alpha value is -4.23. The van der Waals surface area contributed by atoms with Gasteiger partial charge >= 0.3 is 0 Å². The van der Waals surface area contributed by atoms with Crippen molar-refractivity contribution >= 4 is 21.4 Å². The molecule has 4 aromatic rings. The highest BCUT2D eigenvalue weighted by atomic mass is 32.2. The zero-order valence-electron chi connectivity index (χ0n) is 24.7. The molecule has 0 unspecified atom stereocenters. The summed E-state index contributed by atoms with van der Waals surface area (Å²) in [5, 5.41) is 0. The Balaban J connectivity index is 1.47. The van der Waals surface area contributed by atoms with E-state index in [1.54, 1.807) is 12.1 Å². The fourth-order valence-electron chi connectivity index (χ4n) is 5.50. The number of hydrogen-bond acceptors (Lipinski definition) is 4. The van der Waals surface area contributed by atoms with Gasteiger partial charge in [0, 0.05) is 31.4 Å². The summed E-state index contributed by atoms with van der Waals surface area (Å²) in [7, 11) is -4.28. The number of anilines is 1. The van der Waals surface area contributed by atoms with Crippen molar-refractivity contribution in [2.24, 2.45) is 0 Å². The zero-order valence-corrected chi connectivity index (χ0v) is 25.5. The first-order valence-electron chi connectivity index (χ1n) is 14.7. The predicted molar refractivity (Wildman–Crippen MR) is 176 cm³/mol. The molecule has 5 nitrogen and oxygen atoms in total. The molecule has 0 amide bonds. The summed E-state index contributed by atoms with van der Waals surface area (Å²) >= 11 is 0. The van der Waals surface area contributed by atoms with Gasteiger partial charge in [0.05, 0.1) is 4.90 Å². The van der Waals surface area contributed by atoms with Gasteiger partial charge in [0.1, 0.15) is 0 Å². The van der Waals surface area contributed by atoms with Gasteiger partial charge in [0.2, 0.25) is 0 Å². The Labute approximate surface area is 255 Å². The standard InChI is InChI=1S/C37H38N2O3S/c1-3-38(27-29-11-7-5-8-12-29)34-21-15-31(16-22-34)37(33-19-25-36(26-20-33)43(40,41)42)32-17-23-35(24-18-32)39(4-2)28-30-13-9-6-10-14-30/h5-26,34H,3-4,27-28H2,1-2H3,(H,40,41,42). The van der Waals surface area contributed by atoms with E-state index in [2.05, 4.69) is 121 Å². The van der Waals surface area contributed by atoms with E-state index in [4.69, 9.17) is 0 Å². The summed E-state index contributed by atoms with van der Waals surface area (Å²) < 4.78 is 33.0. The first-order chi connectivity index (χ1) is 20.9. The molecule has 1 N–H and O–H groups in total. The van der Waals surface area contributed by atoms with Crippen molar-refractivity contribution in [3.63, 3.8) is 0 Å². The van der Waals surface area contributed by atoms with E-state index in [1.807, 2.05) is 12.1 Å². The van der Waals surface area contributed by atoms with Crippen LogP contribution in [0.2, 0.25) is 0 Å². The number of nitrogens with zero attached hydrogens (tertiary/aromatic N) is 2. The highest BCUT2D eigenvalue weighted by molar-refractivity contribution is 7.85. The zero-order chi connectivity index (χ0) is 30.2. The van der Waals surface area contributed by atoms with Crippen LogP contribution in [0.1, 0.15) is 36.1 Å². The van der Waals surface area contributed by atoms with Crippen LogP contribution < -0.4 is 4.90 Å². The molecular formula is C37H38N2O3S. The van der Waals surface area contributed by atoms with Crippen LogP contribution in [0.4, 0.5) is 5.69 Å². The third kappa shape index (κ3) is 7.59. The number of hydrogen-bond donors (Lipinski definition) is 1. The Bertz CT molecular complexity index is 1680. The molecule has 43 heavy (non-hydrogen) atoms. The first kappa shape index (κ1) is 30.2. The van der Waals surface area contributed by atoms with Crippen molar-refractivity contribution in [2.75, 3.05) is 18.0 Å². The van der Waals surface area contributed by atoms with Crippen molar-refractivity contribution in [1.29, 1.82) is 0 Å². The molecule has 0 saturated heterocycles. The molecule has 220 valence electrons.